The minimum atomic E-state index is -3.27. The second-order valence-electron chi connectivity index (χ2n) is 6.65. The second kappa shape index (κ2) is 7.40. The van der Waals surface area contributed by atoms with Gasteiger partial charge in [-0.25, -0.2) is 0 Å². The van der Waals surface area contributed by atoms with E-state index in [9.17, 15) is 8.42 Å². The Kier molecular flexibility index (Phi) is 6.05. The fourth-order valence-electron chi connectivity index (χ4n) is 3.51. The summed E-state index contributed by atoms with van der Waals surface area (Å²) >= 11 is 0. The lowest BCUT2D eigenvalue weighted by Crippen LogP contribution is -2.55. The number of nitrogens with zero attached hydrogens (tertiary/aromatic N) is 2. The molecule has 0 radical (unpaired) electrons. The Morgan fingerprint density at radius 2 is 1.90 bits per heavy atom. The van der Waals surface area contributed by atoms with Crippen molar-refractivity contribution < 1.29 is 8.42 Å². The van der Waals surface area contributed by atoms with E-state index in [-0.39, 0.29) is 6.04 Å². The van der Waals surface area contributed by atoms with Crippen molar-refractivity contribution in [2.45, 2.75) is 65.0 Å². The van der Waals surface area contributed by atoms with Crippen LogP contribution in [0.25, 0.3) is 0 Å². The summed E-state index contributed by atoms with van der Waals surface area (Å²) in [6.07, 6.45) is 5.17. The largest absolute Gasteiger partial charge is 0.314 e. The van der Waals surface area contributed by atoms with Crippen LogP contribution in [0.1, 0.15) is 52.9 Å². The minimum absolute atomic E-state index is 0.148. The molecule has 21 heavy (non-hydrogen) atoms. The molecule has 124 valence electrons. The third-order valence-corrected chi connectivity index (χ3v) is 7.01. The zero-order chi connectivity index (χ0) is 15.5. The number of nitrogens with one attached hydrogen (secondary N) is 1. The van der Waals surface area contributed by atoms with Crippen LogP contribution in [0.15, 0.2) is 0 Å². The minimum Gasteiger partial charge on any atom is -0.314 e. The summed E-state index contributed by atoms with van der Waals surface area (Å²) in [6.45, 7) is 9.36. The maximum Gasteiger partial charge on any atom is 0.282 e. The van der Waals surface area contributed by atoms with Gasteiger partial charge in [-0.15, -0.1) is 0 Å². The van der Waals surface area contributed by atoms with Gasteiger partial charge in [0.05, 0.1) is 0 Å². The molecule has 2 heterocycles. The van der Waals surface area contributed by atoms with Crippen molar-refractivity contribution in [2.75, 3.05) is 26.2 Å². The van der Waals surface area contributed by atoms with Crippen LogP contribution in [0.5, 0.6) is 0 Å². The molecule has 0 aromatic rings. The van der Waals surface area contributed by atoms with Gasteiger partial charge in [0, 0.05) is 31.7 Å². The summed E-state index contributed by atoms with van der Waals surface area (Å²) < 4.78 is 29.1. The maximum atomic E-state index is 12.8. The van der Waals surface area contributed by atoms with Crippen LogP contribution in [0.2, 0.25) is 0 Å². The number of rotatable bonds is 5. The van der Waals surface area contributed by atoms with E-state index >= 15 is 0 Å². The standard InChI is InChI=1S/C15H31N3O2S/c1-4-9-16-15-8-11-17(12-13(15)2)21(19,20)18-10-6-5-7-14(18)3/h13-16H,4-12H2,1-3H3. The Morgan fingerprint density at radius 1 is 1.14 bits per heavy atom. The monoisotopic (exact) mass is 317 g/mol. The van der Waals surface area contributed by atoms with Crippen LogP contribution in [-0.2, 0) is 10.2 Å². The summed E-state index contributed by atoms with van der Waals surface area (Å²) in [5, 5.41) is 3.55. The fraction of sp³-hybridized carbons (Fsp3) is 1.00. The molecule has 2 aliphatic heterocycles. The van der Waals surface area contributed by atoms with Gasteiger partial charge in [-0.2, -0.15) is 17.0 Å². The van der Waals surface area contributed by atoms with Gasteiger partial charge in [0.1, 0.15) is 0 Å². The average Bonchev–Trinajstić information content (AvgIpc) is 2.46. The van der Waals surface area contributed by atoms with Crippen LogP contribution in [-0.4, -0.2) is 55.3 Å². The maximum absolute atomic E-state index is 12.8. The molecule has 0 bridgehead atoms. The third kappa shape index (κ3) is 3.97. The van der Waals surface area contributed by atoms with Gasteiger partial charge in [-0.05, 0) is 45.1 Å². The predicted molar refractivity (Wildman–Crippen MR) is 86.4 cm³/mol. The van der Waals surface area contributed by atoms with E-state index in [0.717, 1.165) is 38.6 Å². The molecule has 3 unspecified atom stereocenters. The molecule has 2 fully saturated rings. The quantitative estimate of drug-likeness (QED) is 0.841. The second-order valence-corrected chi connectivity index (χ2v) is 8.53. The van der Waals surface area contributed by atoms with Crippen molar-refractivity contribution in [3.8, 4) is 0 Å². The van der Waals surface area contributed by atoms with Crippen LogP contribution in [0.3, 0.4) is 0 Å². The first kappa shape index (κ1) is 17.2. The van der Waals surface area contributed by atoms with Gasteiger partial charge >= 0.3 is 0 Å². The predicted octanol–water partition coefficient (Wildman–Crippen LogP) is 1.82. The Morgan fingerprint density at radius 3 is 2.52 bits per heavy atom. The SMILES string of the molecule is CCCNC1CCN(S(=O)(=O)N2CCCCC2C)CC1C. The lowest BCUT2D eigenvalue weighted by molar-refractivity contribution is 0.192. The molecular formula is C15H31N3O2S. The molecular weight excluding hydrogens is 286 g/mol. The number of hydrogen-bond donors (Lipinski definition) is 1. The molecule has 3 atom stereocenters. The van der Waals surface area contributed by atoms with E-state index in [1.165, 1.54) is 0 Å². The molecule has 6 heteroatoms. The molecule has 0 aliphatic carbocycles. The van der Waals surface area contributed by atoms with Crippen molar-refractivity contribution in [1.29, 1.82) is 0 Å². The highest BCUT2D eigenvalue weighted by atomic mass is 32.2. The van der Waals surface area contributed by atoms with E-state index in [2.05, 4.69) is 19.2 Å². The molecule has 0 spiro atoms. The Labute approximate surface area is 130 Å². The lowest BCUT2D eigenvalue weighted by atomic mass is 9.95. The zero-order valence-electron chi connectivity index (χ0n) is 13.7. The average molecular weight is 317 g/mol. The Hall–Kier alpha value is -0.170. The van der Waals surface area contributed by atoms with Crippen molar-refractivity contribution in [3.05, 3.63) is 0 Å². The van der Waals surface area contributed by atoms with Crippen molar-refractivity contribution in [3.63, 3.8) is 0 Å². The summed E-state index contributed by atoms with van der Waals surface area (Å²) in [7, 11) is -3.27. The highest BCUT2D eigenvalue weighted by Crippen LogP contribution is 2.26. The molecule has 2 saturated heterocycles. The van der Waals surface area contributed by atoms with Crippen molar-refractivity contribution in [1.82, 2.24) is 13.9 Å². The first-order valence-electron chi connectivity index (χ1n) is 8.47. The van der Waals surface area contributed by atoms with E-state index < -0.39 is 10.2 Å². The Bertz CT molecular complexity index is 427. The smallest absolute Gasteiger partial charge is 0.282 e. The normalized spacial score (nSPS) is 33.2. The van der Waals surface area contributed by atoms with Crippen molar-refractivity contribution in [2.24, 2.45) is 5.92 Å². The van der Waals surface area contributed by atoms with Crippen LogP contribution < -0.4 is 5.32 Å². The van der Waals surface area contributed by atoms with Gasteiger partial charge in [-0.3, -0.25) is 0 Å². The number of hydrogen-bond acceptors (Lipinski definition) is 3. The van der Waals surface area contributed by atoms with Gasteiger partial charge in [0.2, 0.25) is 0 Å². The van der Waals surface area contributed by atoms with Crippen LogP contribution >= 0.6 is 0 Å². The molecule has 0 saturated carbocycles. The van der Waals surface area contributed by atoms with E-state index in [4.69, 9.17) is 0 Å². The summed E-state index contributed by atoms with van der Waals surface area (Å²) in [6, 6.07) is 0.602. The summed E-state index contributed by atoms with van der Waals surface area (Å²) in [4.78, 5) is 0. The zero-order valence-corrected chi connectivity index (χ0v) is 14.5. The molecule has 2 aliphatic rings. The summed E-state index contributed by atoms with van der Waals surface area (Å²) in [5.41, 5.74) is 0. The molecule has 0 amide bonds. The Balaban J connectivity index is 1.99. The highest BCUT2D eigenvalue weighted by Gasteiger charge is 2.38. The van der Waals surface area contributed by atoms with Gasteiger partial charge in [0.15, 0.2) is 0 Å². The highest BCUT2D eigenvalue weighted by molar-refractivity contribution is 7.86. The van der Waals surface area contributed by atoms with Gasteiger partial charge in [-0.1, -0.05) is 20.3 Å². The molecule has 1 N–H and O–H groups in total. The first-order chi connectivity index (χ1) is 9.96. The van der Waals surface area contributed by atoms with E-state index in [1.807, 2.05) is 6.92 Å². The lowest BCUT2D eigenvalue weighted by Gasteiger charge is -2.41. The summed E-state index contributed by atoms with van der Waals surface area (Å²) in [5.74, 6) is 0.375. The fourth-order valence-corrected chi connectivity index (χ4v) is 5.49. The van der Waals surface area contributed by atoms with Gasteiger partial charge < -0.3 is 5.32 Å². The third-order valence-electron chi connectivity index (χ3n) is 4.89. The van der Waals surface area contributed by atoms with E-state index in [1.54, 1.807) is 8.61 Å². The van der Waals surface area contributed by atoms with Crippen molar-refractivity contribution >= 4 is 10.2 Å². The van der Waals surface area contributed by atoms with Crippen LogP contribution in [0, 0.1) is 5.92 Å². The molecule has 0 aromatic heterocycles. The molecule has 2 rings (SSSR count). The number of piperidine rings is 2. The topological polar surface area (TPSA) is 52.7 Å². The first-order valence-corrected chi connectivity index (χ1v) is 9.86. The van der Waals surface area contributed by atoms with Gasteiger partial charge in [0.25, 0.3) is 10.2 Å². The van der Waals surface area contributed by atoms with E-state index in [0.29, 0.717) is 31.6 Å². The molecule has 0 aromatic carbocycles. The molecule has 5 nitrogen and oxygen atoms in total. The van der Waals surface area contributed by atoms with Crippen LogP contribution in [0.4, 0.5) is 0 Å².